The highest BCUT2D eigenvalue weighted by atomic mass is 16.6. The van der Waals surface area contributed by atoms with E-state index in [-0.39, 0.29) is 12.2 Å². The first-order chi connectivity index (χ1) is 11.2. The molecule has 1 atom stereocenters. The number of rotatable bonds is 5. The van der Waals surface area contributed by atoms with E-state index in [1.165, 1.54) is 5.56 Å². The van der Waals surface area contributed by atoms with Crippen molar-refractivity contribution in [3.63, 3.8) is 0 Å². The van der Waals surface area contributed by atoms with Crippen LogP contribution in [-0.4, -0.2) is 35.8 Å². The summed E-state index contributed by atoms with van der Waals surface area (Å²) in [4.78, 5) is 14.3. The van der Waals surface area contributed by atoms with Gasteiger partial charge in [0.05, 0.1) is 12.6 Å². The molecule has 1 amide bonds. The second-order valence-electron chi connectivity index (χ2n) is 7.89. The zero-order valence-electron chi connectivity index (χ0n) is 15.7. The summed E-state index contributed by atoms with van der Waals surface area (Å²) in [6, 6.07) is 8.48. The van der Waals surface area contributed by atoms with Crippen LogP contribution < -0.4 is 0 Å². The van der Waals surface area contributed by atoms with Crippen LogP contribution in [0.4, 0.5) is 4.79 Å². The Hall–Kier alpha value is -1.55. The summed E-state index contributed by atoms with van der Waals surface area (Å²) in [5.74, 6) is 0.507. The van der Waals surface area contributed by atoms with Crippen molar-refractivity contribution in [1.29, 1.82) is 0 Å². The van der Waals surface area contributed by atoms with Gasteiger partial charge in [0.1, 0.15) is 5.60 Å². The number of nitrogens with zero attached hydrogens (tertiary/aromatic N) is 1. The highest BCUT2D eigenvalue weighted by Crippen LogP contribution is 2.20. The van der Waals surface area contributed by atoms with E-state index in [1.807, 2.05) is 20.8 Å². The van der Waals surface area contributed by atoms with Crippen molar-refractivity contribution in [3.05, 3.63) is 35.4 Å². The molecule has 0 aliphatic carbocycles. The Balaban J connectivity index is 2.07. The van der Waals surface area contributed by atoms with Crippen LogP contribution in [0, 0.1) is 0 Å². The van der Waals surface area contributed by atoms with Gasteiger partial charge in [-0.2, -0.15) is 0 Å². The minimum absolute atomic E-state index is 0.118. The molecule has 1 unspecified atom stereocenters. The Labute approximate surface area is 146 Å². The third kappa shape index (κ3) is 5.82. The molecule has 4 heteroatoms. The molecule has 0 bridgehead atoms. The molecule has 1 heterocycles. The van der Waals surface area contributed by atoms with Crippen LogP contribution in [0.2, 0.25) is 0 Å². The molecule has 0 spiro atoms. The zero-order chi connectivity index (χ0) is 17.7. The fourth-order valence-electron chi connectivity index (χ4n) is 2.79. The van der Waals surface area contributed by atoms with Gasteiger partial charge >= 0.3 is 6.09 Å². The van der Waals surface area contributed by atoms with Crippen LogP contribution in [0.5, 0.6) is 0 Å². The molecule has 2 rings (SSSR count). The standard InChI is InChI=1S/C20H31NO3/c1-15(2)17-10-8-16(9-11-17)13-21(14-18-7-6-12-23-18)19(22)24-20(3,4)5/h8-11,15,18H,6-7,12-14H2,1-5H3. The second-order valence-corrected chi connectivity index (χ2v) is 7.89. The molecule has 4 nitrogen and oxygen atoms in total. The maximum atomic E-state index is 12.6. The third-order valence-electron chi connectivity index (χ3n) is 4.12. The predicted octanol–water partition coefficient (Wildman–Crippen LogP) is 4.73. The number of hydrogen-bond donors (Lipinski definition) is 0. The molecule has 24 heavy (non-hydrogen) atoms. The Kier molecular flexibility index (Phi) is 6.27. The Morgan fingerprint density at radius 2 is 1.96 bits per heavy atom. The molecule has 0 aromatic heterocycles. The lowest BCUT2D eigenvalue weighted by Crippen LogP contribution is -2.40. The second kappa shape index (κ2) is 8.02. The summed E-state index contributed by atoms with van der Waals surface area (Å²) >= 11 is 0. The van der Waals surface area contributed by atoms with Crippen LogP contribution in [0.25, 0.3) is 0 Å². The molecule has 1 aromatic rings. The van der Waals surface area contributed by atoms with Gasteiger partial charge in [0, 0.05) is 13.2 Å². The maximum Gasteiger partial charge on any atom is 0.410 e. The van der Waals surface area contributed by atoms with Crippen molar-refractivity contribution in [2.75, 3.05) is 13.2 Å². The molecule has 0 N–H and O–H groups in total. The number of ether oxygens (including phenoxy) is 2. The van der Waals surface area contributed by atoms with Gasteiger partial charge in [0.15, 0.2) is 0 Å². The van der Waals surface area contributed by atoms with Crippen LogP contribution in [0.3, 0.4) is 0 Å². The summed E-state index contributed by atoms with van der Waals surface area (Å²) in [5.41, 5.74) is 1.93. The monoisotopic (exact) mass is 333 g/mol. The van der Waals surface area contributed by atoms with Crippen LogP contribution in [0.15, 0.2) is 24.3 Å². The Morgan fingerprint density at radius 1 is 1.29 bits per heavy atom. The Bertz CT molecular complexity index is 525. The van der Waals surface area contributed by atoms with Crippen LogP contribution in [0.1, 0.15) is 64.5 Å². The average Bonchev–Trinajstić information content (AvgIpc) is 2.98. The molecular weight excluding hydrogens is 302 g/mol. The van der Waals surface area contributed by atoms with Gasteiger partial charge in [-0.1, -0.05) is 38.1 Å². The van der Waals surface area contributed by atoms with Crippen molar-refractivity contribution in [3.8, 4) is 0 Å². The maximum absolute atomic E-state index is 12.6. The fourth-order valence-corrected chi connectivity index (χ4v) is 2.79. The molecular formula is C20H31NO3. The number of carbonyl (C=O) groups excluding carboxylic acids is 1. The van der Waals surface area contributed by atoms with Gasteiger partial charge in [-0.25, -0.2) is 4.79 Å². The molecule has 1 saturated heterocycles. The van der Waals surface area contributed by atoms with Crippen LogP contribution >= 0.6 is 0 Å². The van der Waals surface area contributed by atoms with Crippen molar-refractivity contribution in [1.82, 2.24) is 4.90 Å². The lowest BCUT2D eigenvalue weighted by atomic mass is 10.0. The first-order valence-corrected chi connectivity index (χ1v) is 8.93. The highest BCUT2D eigenvalue weighted by Gasteiger charge is 2.26. The van der Waals surface area contributed by atoms with E-state index in [1.54, 1.807) is 4.90 Å². The van der Waals surface area contributed by atoms with Gasteiger partial charge < -0.3 is 14.4 Å². The third-order valence-corrected chi connectivity index (χ3v) is 4.12. The molecule has 1 fully saturated rings. The lowest BCUT2D eigenvalue weighted by Gasteiger charge is -2.29. The smallest absolute Gasteiger partial charge is 0.410 e. The SMILES string of the molecule is CC(C)c1ccc(CN(CC2CCCO2)C(=O)OC(C)(C)C)cc1. The minimum Gasteiger partial charge on any atom is -0.444 e. The fraction of sp³-hybridized carbons (Fsp3) is 0.650. The quantitative estimate of drug-likeness (QED) is 0.782. The molecule has 134 valence electrons. The summed E-state index contributed by atoms with van der Waals surface area (Å²) in [6.07, 6.45) is 1.92. The largest absolute Gasteiger partial charge is 0.444 e. The molecule has 1 aromatic carbocycles. The van der Waals surface area contributed by atoms with Gasteiger partial charge in [0.25, 0.3) is 0 Å². The van der Waals surface area contributed by atoms with Gasteiger partial charge in [-0.3, -0.25) is 0 Å². The number of hydrogen-bond acceptors (Lipinski definition) is 3. The number of carbonyl (C=O) groups is 1. The first-order valence-electron chi connectivity index (χ1n) is 8.93. The van der Waals surface area contributed by atoms with E-state index < -0.39 is 5.60 Å². The van der Waals surface area contributed by atoms with Crippen molar-refractivity contribution in [2.45, 2.75) is 71.6 Å². The van der Waals surface area contributed by atoms with E-state index in [0.717, 1.165) is 25.0 Å². The summed E-state index contributed by atoms with van der Waals surface area (Å²) in [7, 11) is 0. The predicted molar refractivity (Wildman–Crippen MR) is 96.1 cm³/mol. The van der Waals surface area contributed by atoms with Crippen molar-refractivity contribution >= 4 is 6.09 Å². The first kappa shape index (κ1) is 18.8. The van der Waals surface area contributed by atoms with E-state index in [4.69, 9.17) is 9.47 Å². The van der Waals surface area contributed by atoms with E-state index in [9.17, 15) is 4.79 Å². The Morgan fingerprint density at radius 3 is 2.46 bits per heavy atom. The summed E-state index contributed by atoms with van der Waals surface area (Å²) in [6.45, 7) is 12.0. The number of benzene rings is 1. The van der Waals surface area contributed by atoms with Crippen molar-refractivity contribution < 1.29 is 14.3 Å². The average molecular weight is 333 g/mol. The molecule has 0 saturated carbocycles. The topological polar surface area (TPSA) is 38.8 Å². The highest BCUT2D eigenvalue weighted by molar-refractivity contribution is 5.68. The van der Waals surface area contributed by atoms with Gasteiger partial charge in [-0.15, -0.1) is 0 Å². The summed E-state index contributed by atoms with van der Waals surface area (Å²) in [5, 5.41) is 0. The van der Waals surface area contributed by atoms with E-state index in [2.05, 4.69) is 38.1 Å². The normalized spacial score (nSPS) is 18.0. The zero-order valence-corrected chi connectivity index (χ0v) is 15.7. The van der Waals surface area contributed by atoms with Gasteiger partial charge in [-0.05, 0) is 50.7 Å². The van der Waals surface area contributed by atoms with E-state index in [0.29, 0.717) is 19.0 Å². The minimum atomic E-state index is -0.493. The molecule has 0 radical (unpaired) electrons. The summed E-state index contributed by atoms with van der Waals surface area (Å²) < 4.78 is 11.3. The van der Waals surface area contributed by atoms with Crippen molar-refractivity contribution in [2.24, 2.45) is 0 Å². The van der Waals surface area contributed by atoms with E-state index >= 15 is 0 Å². The lowest BCUT2D eigenvalue weighted by molar-refractivity contribution is 0.00860. The van der Waals surface area contributed by atoms with Crippen LogP contribution in [-0.2, 0) is 16.0 Å². The number of amides is 1. The molecule has 1 aliphatic heterocycles. The van der Waals surface area contributed by atoms with Gasteiger partial charge in [0.2, 0.25) is 0 Å². The molecule has 1 aliphatic rings.